The Morgan fingerprint density at radius 3 is 2.88 bits per heavy atom. The molecule has 1 atom stereocenters. The Bertz CT molecular complexity index is 638. The highest BCUT2D eigenvalue weighted by Crippen LogP contribution is 2.30. The van der Waals surface area contributed by atoms with Crippen LogP contribution in [0.15, 0.2) is 6.07 Å². The fraction of sp³-hybridized carbons (Fsp3) is 0.706. The molecule has 3 rings (SSSR count). The van der Waals surface area contributed by atoms with Crippen molar-refractivity contribution in [1.82, 2.24) is 14.7 Å². The molecule has 7 nitrogen and oxygen atoms in total. The van der Waals surface area contributed by atoms with Crippen molar-refractivity contribution in [2.45, 2.75) is 51.8 Å². The molecule has 1 fully saturated rings. The second-order valence-electron chi connectivity index (χ2n) is 7.15. The van der Waals surface area contributed by atoms with Crippen molar-refractivity contribution in [3.63, 3.8) is 0 Å². The summed E-state index contributed by atoms with van der Waals surface area (Å²) in [5.41, 5.74) is 0.936. The van der Waals surface area contributed by atoms with E-state index in [9.17, 15) is 9.59 Å². The highest BCUT2D eigenvalue weighted by atomic mass is 16.5. The first-order valence-corrected chi connectivity index (χ1v) is 8.47. The van der Waals surface area contributed by atoms with Crippen molar-refractivity contribution in [1.29, 1.82) is 0 Å². The third-order valence-corrected chi connectivity index (χ3v) is 4.77. The molecule has 1 amide bonds. The maximum absolute atomic E-state index is 12.9. The van der Waals surface area contributed by atoms with Crippen LogP contribution in [0.2, 0.25) is 0 Å². The van der Waals surface area contributed by atoms with E-state index in [-0.39, 0.29) is 17.4 Å². The van der Waals surface area contributed by atoms with Crippen molar-refractivity contribution in [2.75, 3.05) is 20.3 Å². The maximum atomic E-state index is 12.9. The molecule has 1 saturated heterocycles. The lowest BCUT2D eigenvalue weighted by atomic mass is 9.87. The summed E-state index contributed by atoms with van der Waals surface area (Å²) in [5, 5.41) is 4.30. The summed E-state index contributed by atoms with van der Waals surface area (Å²) in [6.45, 7) is 6.60. The molecule has 2 aliphatic rings. The Hall–Kier alpha value is -1.89. The van der Waals surface area contributed by atoms with Crippen LogP contribution < -0.4 is 0 Å². The normalized spacial score (nSPS) is 23.3. The monoisotopic (exact) mass is 335 g/mol. The van der Waals surface area contributed by atoms with Gasteiger partial charge in [-0.15, -0.1) is 0 Å². The van der Waals surface area contributed by atoms with E-state index in [1.54, 1.807) is 6.07 Å². The molecule has 1 aromatic heterocycles. The van der Waals surface area contributed by atoms with Crippen LogP contribution in [-0.2, 0) is 27.4 Å². The number of methoxy groups -OCH3 is 1. The van der Waals surface area contributed by atoms with Gasteiger partial charge >= 0.3 is 5.97 Å². The van der Waals surface area contributed by atoms with Gasteiger partial charge in [-0.1, -0.05) is 0 Å². The Balaban J connectivity index is 1.74. The largest absolute Gasteiger partial charge is 0.464 e. The summed E-state index contributed by atoms with van der Waals surface area (Å²) in [6.07, 6.45) is 2.34. The number of amides is 1. The van der Waals surface area contributed by atoms with E-state index in [0.717, 1.165) is 25.0 Å². The van der Waals surface area contributed by atoms with Crippen LogP contribution in [0, 0.1) is 5.92 Å². The molecule has 2 aliphatic heterocycles. The Morgan fingerprint density at radius 1 is 1.38 bits per heavy atom. The molecule has 3 heterocycles. The number of ether oxygens (including phenoxy) is 2. The van der Waals surface area contributed by atoms with Crippen LogP contribution in [-0.4, -0.2) is 52.4 Å². The van der Waals surface area contributed by atoms with E-state index in [2.05, 4.69) is 5.10 Å². The molecule has 0 radical (unpaired) electrons. The maximum Gasteiger partial charge on any atom is 0.358 e. The van der Waals surface area contributed by atoms with Gasteiger partial charge in [-0.25, -0.2) is 4.79 Å². The minimum absolute atomic E-state index is 0.00305. The van der Waals surface area contributed by atoms with Crippen molar-refractivity contribution in [3.05, 3.63) is 17.5 Å². The van der Waals surface area contributed by atoms with E-state index in [4.69, 9.17) is 9.47 Å². The zero-order valence-electron chi connectivity index (χ0n) is 14.6. The number of carbonyl (C=O) groups is 2. The molecule has 24 heavy (non-hydrogen) atoms. The van der Waals surface area contributed by atoms with E-state index >= 15 is 0 Å². The molecule has 0 aliphatic carbocycles. The molecule has 0 aromatic carbocycles. The number of carbonyl (C=O) groups excluding carboxylic acids is 2. The van der Waals surface area contributed by atoms with Gasteiger partial charge in [0.1, 0.15) is 0 Å². The number of rotatable bonds is 2. The zero-order chi connectivity index (χ0) is 17.3. The lowest BCUT2D eigenvalue weighted by molar-refractivity contribution is -0.146. The first kappa shape index (κ1) is 17.0. The fourth-order valence-electron chi connectivity index (χ4n) is 3.56. The average Bonchev–Trinajstić information content (AvgIpc) is 2.84. The number of esters is 1. The number of fused-ring (bicyclic) bond motifs is 1. The smallest absolute Gasteiger partial charge is 0.358 e. The highest BCUT2D eigenvalue weighted by molar-refractivity contribution is 5.87. The van der Waals surface area contributed by atoms with Gasteiger partial charge < -0.3 is 14.4 Å². The van der Waals surface area contributed by atoms with Gasteiger partial charge in [0.25, 0.3) is 0 Å². The molecule has 0 N–H and O–H groups in total. The molecular weight excluding hydrogens is 310 g/mol. The number of hydrogen-bond donors (Lipinski definition) is 0. The van der Waals surface area contributed by atoms with E-state index in [1.807, 2.05) is 23.4 Å². The third-order valence-electron chi connectivity index (χ3n) is 4.77. The zero-order valence-corrected chi connectivity index (χ0v) is 14.6. The lowest BCUT2D eigenvalue weighted by Crippen LogP contribution is -2.43. The van der Waals surface area contributed by atoms with Crippen molar-refractivity contribution in [2.24, 2.45) is 5.92 Å². The Kier molecular flexibility index (Phi) is 4.62. The van der Waals surface area contributed by atoms with Crippen LogP contribution in [0.5, 0.6) is 0 Å². The van der Waals surface area contributed by atoms with Gasteiger partial charge in [0.15, 0.2) is 5.69 Å². The number of aromatic nitrogens is 2. The average molecular weight is 335 g/mol. The SMILES string of the molecule is COC(=O)c1cc2n(n1)CCCN(C(=O)[C@@H]1CCOC(C)(C)C1)C2. The van der Waals surface area contributed by atoms with Crippen LogP contribution in [0.25, 0.3) is 0 Å². The molecule has 1 aromatic rings. The van der Waals surface area contributed by atoms with Crippen molar-refractivity contribution in [3.8, 4) is 0 Å². The molecule has 132 valence electrons. The van der Waals surface area contributed by atoms with Gasteiger partial charge in [0.05, 0.1) is 24.9 Å². The predicted molar refractivity (Wildman–Crippen MR) is 86.4 cm³/mol. The van der Waals surface area contributed by atoms with Gasteiger partial charge in [-0.3, -0.25) is 9.48 Å². The fourth-order valence-corrected chi connectivity index (χ4v) is 3.56. The van der Waals surface area contributed by atoms with Crippen LogP contribution in [0.3, 0.4) is 0 Å². The Labute approximate surface area is 141 Å². The summed E-state index contributed by atoms with van der Waals surface area (Å²) in [5.74, 6) is -0.261. The minimum atomic E-state index is -0.445. The van der Waals surface area contributed by atoms with E-state index in [1.165, 1.54) is 7.11 Å². The van der Waals surface area contributed by atoms with Crippen molar-refractivity contribution < 1.29 is 19.1 Å². The molecule has 0 bridgehead atoms. The number of nitrogens with zero attached hydrogens (tertiary/aromatic N) is 3. The second kappa shape index (κ2) is 6.55. The van der Waals surface area contributed by atoms with Gasteiger partial charge in [0, 0.05) is 25.6 Å². The standard InChI is InChI=1S/C17H25N3O4/c1-17(2)10-12(5-8-24-17)15(21)19-6-4-7-20-13(11-19)9-14(18-20)16(22)23-3/h9,12H,4-8,10-11H2,1-3H3/t12-/m1/s1. The predicted octanol–water partition coefficient (Wildman–Crippen LogP) is 1.61. The number of aryl methyl sites for hydroxylation is 1. The van der Waals surface area contributed by atoms with Gasteiger partial charge in [-0.05, 0) is 39.2 Å². The summed E-state index contributed by atoms with van der Waals surface area (Å²) < 4.78 is 12.3. The topological polar surface area (TPSA) is 73.7 Å². The van der Waals surface area contributed by atoms with Crippen LogP contribution >= 0.6 is 0 Å². The number of hydrogen-bond acceptors (Lipinski definition) is 5. The quantitative estimate of drug-likeness (QED) is 0.768. The van der Waals surface area contributed by atoms with Crippen molar-refractivity contribution >= 4 is 11.9 Å². The molecule has 0 spiro atoms. The molecular formula is C17H25N3O4. The molecule has 0 saturated carbocycles. The first-order valence-electron chi connectivity index (χ1n) is 8.47. The molecule has 7 heteroatoms. The third kappa shape index (κ3) is 3.45. The summed E-state index contributed by atoms with van der Waals surface area (Å²) >= 11 is 0. The summed E-state index contributed by atoms with van der Waals surface area (Å²) in [7, 11) is 1.34. The van der Waals surface area contributed by atoms with Crippen LogP contribution in [0.4, 0.5) is 0 Å². The van der Waals surface area contributed by atoms with E-state index in [0.29, 0.717) is 31.9 Å². The van der Waals surface area contributed by atoms with Crippen LogP contribution in [0.1, 0.15) is 49.3 Å². The van der Waals surface area contributed by atoms with Gasteiger partial charge in [0.2, 0.25) is 5.91 Å². The van der Waals surface area contributed by atoms with E-state index < -0.39 is 5.97 Å². The lowest BCUT2D eigenvalue weighted by Gasteiger charge is -2.36. The molecule has 0 unspecified atom stereocenters. The summed E-state index contributed by atoms with van der Waals surface area (Å²) in [6, 6.07) is 1.73. The Morgan fingerprint density at radius 2 is 2.17 bits per heavy atom. The minimum Gasteiger partial charge on any atom is -0.464 e. The second-order valence-corrected chi connectivity index (χ2v) is 7.15. The van der Waals surface area contributed by atoms with Gasteiger partial charge in [-0.2, -0.15) is 5.10 Å². The summed E-state index contributed by atoms with van der Waals surface area (Å²) in [4.78, 5) is 26.5. The highest BCUT2D eigenvalue weighted by Gasteiger charge is 2.35. The first-order chi connectivity index (χ1) is 11.4.